The zero-order valence-corrected chi connectivity index (χ0v) is 15.6. The summed E-state index contributed by atoms with van der Waals surface area (Å²) in [4.78, 5) is 0. The Morgan fingerprint density at radius 1 is 0.938 bits per heavy atom. The molecule has 0 amide bonds. The van der Waals surface area contributed by atoms with Crippen molar-refractivity contribution in [2.45, 2.75) is 46.1 Å². The van der Waals surface area contributed by atoms with Crippen molar-refractivity contribution >= 4 is 36.4 Å². The molecule has 16 heavy (non-hydrogen) atoms. The van der Waals surface area contributed by atoms with Gasteiger partial charge in [0.2, 0.25) is 0 Å². The van der Waals surface area contributed by atoms with E-state index in [9.17, 15) is 0 Å². The SMILES string of the molecule is CC(C)C[Si]1(C)O[SiH](C)O[SiH](C)O[SiH](C)O1. The molecule has 0 spiro atoms. The molecular weight excluding hydrogens is 272 g/mol. The minimum absolute atomic E-state index is 0.605. The molecule has 2 atom stereocenters. The molecule has 0 bridgehead atoms. The largest absolute Gasteiger partial charge is 0.420 e. The zero-order chi connectivity index (χ0) is 12.3. The summed E-state index contributed by atoms with van der Waals surface area (Å²) in [7, 11) is -6.61. The Morgan fingerprint density at radius 2 is 1.38 bits per heavy atom. The van der Waals surface area contributed by atoms with Crippen molar-refractivity contribution in [3.63, 3.8) is 0 Å². The molecule has 0 N–H and O–H groups in total. The van der Waals surface area contributed by atoms with Crippen molar-refractivity contribution < 1.29 is 16.5 Å². The molecule has 0 aromatic rings. The maximum atomic E-state index is 6.15. The van der Waals surface area contributed by atoms with Gasteiger partial charge in [0.05, 0.1) is 0 Å². The van der Waals surface area contributed by atoms with Crippen LogP contribution in [0.4, 0.5) is 0 Å². The van der Waals surface area contributed by atoms with E-state index in [1.54, 1.807) is 0 Å². The van der Waals surface area contributed by atoms with E-state index in [2.05, 4.69) is 40.0 Å². The van der Waals surface area contributed by atoms with Crippen LogP contribution < -0.4 is 0 Å². The topological polar surface area (TPSA) is 36.9 Å². The molecule has 0 aromatic carbocycles. The van der Waals surface area contributed by atoms with Gasteiger partial charge in [-0.3, -0.25) is 0 Å². The maximum absolute atomic E-state index is 6.15. The molecule has 0 saturated carbocycles. The van der Waals surface area contributed by atoms with E-state index in [4.69, 9.17) is 16.5 Å². The molecule has 0 aliphatic carbocycles. The Hall–Kier alpha value is 0.708. The lowest BCUT2D eigenvalue weighted by Gasteiger charge is -2.37. The van der Waals surface area contributed by atoms with Crippen molar-refractivity contribution in [3.05, 3.63) is 0 Å². The monoisotopic (exact) mass is 296 g/mol. The van der Waals surface area contributed by atoms with Gasteiger partial charge < -0.3 is 16.5 Å². The van der Waals surface area contributed by atoms with E-state index < -0.39 is 36.4 Å². The molecule has 4 nitrogen and oxygen atoms in total. The van der Waals surface area contributed by atoms with Crippen LogP contribution in [0.1, 0.15) is 13.8 Å². The Kier molecular flexibility index (Phi) is 5.58. The lowest BCUT2D eigenvalue weighted by atomic mass is 10.3. The van der Waals surface area contributed by atoms with Gasteiger partial charge in [-0.2, -0.15) is 0 Å². The third kappa shape index (κ3) is 4.92. The summed E-state index contributed by atoms with van der Waals surface area (Å²) in [5.74, 6) is 0.605. The van der Waals surface area contributed by atoms with Gasteiger partial charge in [0.25, 0.3) is 27.9 Å². The third-order valence-electron chi connectivity index (χ3n) is 2.38. The molecule has 1 aliphatic heterocycles. The van der Waals surface area contributed by atoms with Crippen LogP contribution in [0.5, 0.6) is 0 Å². The Balaban J connectivity index is 2.68. The van der Waals surface area contributed by atoms with Crippen LogP contribution in [0.15, 0.2) is 0 Å². The first-order chi connectivity index (χ1) is 7.31. The minimum Gasteiger partial charge on any atom is -0.420 e. The van der Waals surface area contributed by atoms with Gasteiger partial charge in [0.1, 0.15) is 0 Å². The molecule has 1 fully saturated rings. The van der Waals surface area contributed by atoms with Gasteiger partial charge >= 0.3 is 8.56 Å². The average Bonchev–Trinajstić information content (AvgIpc) is 1.95. The van der Waals surface area contributed by atoms with Crippen molar-refractivity contribution in [3.8, 4) is 0 Å². The second-order valence-corrected chi connectivity index (χ2v) is 15.1. The van der Waals surface area contributed by atoms with Gasteiger partial charge in [0.15, 0.2) is 0 Å². The molecule has 2 unspecified atom stereocenters. The van der Waals surface area contributed by atoms with Gasteiger partial charge in [0, 0.05) is 0 Å². The summed E-state index contributed by atoms with van der Waals surface area (Å²) in [6.45, 7) is 12.8. The van der Waals surface area contributed by atoms with Crippen LogP contribution in [0, 0.1) is 5.92 Å². The van der Waals surface area contributed by atoms with Crippen LogP contribution >= 0.6 is 0 Å². The molecule has 96 valence electrons. The molecule has 1 aliphatic rings. The number of rotatable bonds is 2. The minimum atomic E-state index is -2.04. The number of hydrogen-bond donors (Lipinski definition) is 0. The van der Waals surface area contributed by atoms with E-state index in [1.807, 2.05) is 0 Å². The lowest BCUT2D eigenvalue weighted by molar-refractivity contribution is 0.271. The van der Waals surface area contributed by atoms with Gasteiger partial charge in [-0.15, -0.1) is 0 Å². The highest BCUT2D eigenvalue weighted by molar-refractivity contribution is 6.81. The summed E-state index contributed by atoms with van der Waals surface area (Å²) in [6, 6.07) is 1.03. The zero-order valence-electron chi connectivity index (χ0n) is 11.1. The van der Waals surface area contributed by atoms with Gasteiger partial charge in [-0.1, -0.05) is 13.8 Å². The fraction of sp³-hybridized carbons (Fsp3) is 1.00. The Bertz CT molecular complexity index is 214. The molecule has 0 radical (unpaired) electrons. The average molecular weight is 297 g/mol. The van der Waals surface area contributed by atoms with Crippen molar-refractivity contribution in [2.24, 2.45) is 5.92 Å². The molecular formula is C8H24O4Si4. The van der Waals surface area contributed by atoms with Crippen LogP contribution in [0.3, 0.4) is 0 Å². The van der Waals surface area contributed by atoms with E-state index in [0.717, 1.165) is 6.04 Å². The smallest absolute Gasteiger partial charge is 0.317 e. The first-order valence-corrected chi connectivity index (χ1v) is 14.8. The van der Waals surface area contributed by atoms with Crippen molar-refractivity contribution in [1.82, 2.24) is 0 Å². The highest BCUT2D eigenvalue weighted by Crippen LogP contribution is 2.23. The maximum Gasteiger partial charge on any atom is 0.317 e. The van der Waals surface area contributed by atoms with Crippen molar-refractivity contribution in [1.29, 1.82) is 0 Å². The quantitative estimate of drug-likeness (QED) is 0.721. The second kappa shape index (κ2) is 6.05. The normalized spacial score (nSPS) is 41.8. The predicted octanol–water partition coefficient (Wildman–Crippen LogP) is 1.35. The fourth-order valence-corrected chi connectivity index (χ4v) is 17.4. The van der Waals surface area contributed by atoms with Crippen LogP contribution in [-0.4, -0.2) is 36.4 Å². The van der Waals surface area contributed by atoms with Crippen molar-refractivity contribution in [2.75, 3.05) is 0 Å². The highest BCUT2D eigenvalue weighted by Gasteiger charge is 2.39. The first-order valence-electron chi connectivity index (χ1n) is 5.97. The standard InChI is InChI=1S/C8H24O4Si4/c1-8(2)7-16(6)11-14(4)9-13(3)10-15(5)12-16/h8,13-15H,7H2,1-6H3. The summed E-state index contributed by atoms with van der Waals surface area (Å²) >= 11 is 0. The molecule has 1 saturated heterocycles. The molecule has 1 rings (SSSR count). The van der Waals surface area contributed by atoms with Gasteiger partial charge in [-0.05, 0) is 38.2 Å². The highest BCUT2D eigenvalue weighted by atomic mass is 28.5. The fourth-order valence-electron chi connectivity index (χ4n) is 2.20. The van der Waals surface area contributed by atoms with E-state index in [-0.39, 0.29) is 0 Å². The summed E-state index contributed by atoms with van der Waals surface area (Å²) < 4.78 is 24.0. The molecule has 8 heteroatoms. The summed E-state index contributed by atoms with van der Waals surface area (Å²) in [6.07, 6.45) is 0. The first kappa shape index (κ1) is 14.8. The number of hydrogen-bond acceptors (Lipinski definition) is 4. The summed E-state index contributed by atoms with van der Waals surface area (Å²) in [5.41, 5.74) is 0. The van der Waals surface area contributed by atoms with Crippen LogP contribution in [-0.2, 0) is 16.5 Å². The lowest BCUT2D eigenvalue weighted by Crippen LogP contribution is -2.53. The Labute approximate surface area is 105 Å². The van der Waals surface area contributed by atoms with E-state index in [1.165, 1.54) is 0 Å². The van der Waals surface area contributed by atoms with Crippen LogP contribution in [0.25, 0.3) is 0 Å². The van der Waals surface area contributed by atoms with Crippen LogP contribution in [0.2, 0.25) is 32.2 Å². The van der Waals surface area contributed by atoms with E-state index >= 15 is 0 Å². The predicted molar refractivity (Wildman–Crippen MR) is 74.6 cm³/mol. The molecule has 1 heterocycles. The van der Waals surface area contributed by atoms with E-state index in [0.29, 0.717) is 5.92 Å². The van der Waals surface area contributed by atoms with Gasteiger partial charge in [-0.25, -0.2) is 0 Å². The summed E-state index contributed by atoms with van der Waals surface area (Å²) in [5, 5.41) is 0. The Morgan fingerprint density at radius 3 is 1.75 bits per heavy atom. The third-order valence-corrected chi connectivity index (χ3v) is 16.7. The molecule has 0 aromatic heterocycles. The second-order valence-electron chi connectivity index (χ2n) is 4.94.